The smallest absolute Gasteiger partial charge is 0.268 e. The molecule has 0 fully saturated rings. The maximum atomic E-state index is 13.0. The van der Waals surface area contributed by atoms with Crippen molar-refractivity contribution in [3.63, 3.8) is 0 Å². The molecule has 0 aromatic carbocycles. The molecule has 0 rings (SSSR count). The van der Waals surface area contributed by atoms with E-state index in [1.54, 1.807) is 6.08 Å². The molecule has 0 radical (unpaired) electrons. The summed E-state index contributed by atoms with van der Waals surface area (Å²) < 4.78 is 23.4. The van der Waals surface area contributed by atoms with Crippen LogP contribution >= 0.6 is 7.82 Å². The van der Waals surface area contributed by atoms with Crippen LogP contribution < -0.4 is 10.2 Å². The lowest BCUT2D eigenvalue weighted by Crippen LogP contribution is -2.45. The molecule has 2 N–H and O–H groups in total. The molecule has 0 heterocycles. The van der Waals surface area contributed by atoms with Crippen molar-refractivity contribution in [3.05, 3.63) is 24.3 Å². The van der Waals surface area contributed by atoms with Crippen molar-refractivity contribution in [3.8, 4) is 0 Å². The van der Waals surface area contributed by atoms with E-state index in [0.29, 0.717) is 17.4 Å². The summed E-state index contributed by atoms with van der Waals surface area (Å²) in [4.78, 5) is 25.5. The fourth-order valence-corrected chi connectivity index (χ4v) is 9.72. The molecule has 0 saturated heterocycles. The minimum absolute atomic E-state index is 0.00366. The van der Waals surface area contributed by atoms with E-state index in [2.05, 4.69) is 31.3 Å². The van der Waals surface area contributed by atoms with Crippen LogP contribution in [0.25, 0.3) is 0 Å². The average Bonchev–Trinajstić information content (AvgIpc) is 3.30. The molecule has 0 aromatic heterocycles. The second-order valence-corrected chi connectivity index (χ2v) is 23.1. The standard InChI is InChI=1S/C59H117N2O6P/c1-6-8-10-12-14-16-18-20-22-24-26-28-29-30-31-33-35-37-39-41-43-45-47-49-51-53-59(63)60-57(56-67-68(64,65)66-55-54-61(3,4)5)58(62)52-50-48-46-44-42-40-38-36-34-32-27-25-23-21-19-17-15-13-11-9-7-2/h42,44,50,52,57-58,62H,6-41,43,45-49,51,53-56H2,1-5H3,(H-,60,63,64,65)/b44-42+,52-50+. The third-order valence-corrected chi connectivity index (χ3v) is 14.6. The predicted molar refractivity (Wildman–Crippen MR) is 293 cm³/mol. The summed E-state index contributed by atoms with van der Waals surface area (Å²) >= 11 is 0. The van der Waals surface area contributed by atoms with Gasteiger partial charge < -0.3 is 28.8 Å². The molecule has 3 unspecified atom stereocenters. The Hall–Kier alpha value is -1.02. The molecule has 0 aliphatic rings. The lowest BCUT2D eigenvalue weighted by atomic mass is 10.0. The number of carbonyl (C=O) groups is 1. The molecule has 0 aliphatic carbocycles. The van der Waals surface area contributed by atoms with Gasteiger partial charge in [0.05, 0.1) is 39.9 Å². The summed E-state index contributed by atoms with van der Waals surface area (Å²) in [6, 6.07) is -0.900. The third kappa shape index (κ3) is 52.8. The van der Waals surface area contributed by atoms with E-state index < -0.39 is 20.0 Å². The zero-order valence-corrected chi connectivity index (χ0v) is 47.0. The van der Waals surface area contributed by atoms with Gasteiger partial charge in [-0.2, -0.15) is 0 Å². The Morgan fingerprint density at radius 3 is 1.19 bits per heavy atom. The zero-order chi connectivity index (χ0) is 49.9. The topological polar surface area (TPSA) is 108 Å². The summed E-state index contributed by atoms with van der Waals surface area (Å²) in [7, 11) is 1.26. The van der Waals surface area contributed by atoms with Crippen molar-refractivity contribution < 1.29 is 32.9 Å². The number of hydrogen-bond donors (Lipinski definition) is 2. The lowest BCUT2D eigenvalue weighted by molar-refractivity contribution is -0.870. The van der Waals surface area contributed by atoms with Gasteiger partial charge in [0.1, 0.15) is 13.2 Å². The number of nitrogens with zero attached hydrogens (tertiary/aromatic N) is 1. The van der Waals surface area contributed by atoms with Gasteiger partial charge in [-0.05, 0) is 32.1 Å². The van der Waals surface area contributed by atoms with Crippen LogP contribution in [-0.4, -0.2) is 68.5 Å². The number of unbranched alkanes of at least 4 members (excludes halogenated alkanes) is 40. The van der Waals surface area contributed by atoms with Gasteiger partial charge in [-0.25, -0.2) is 0 Å². The van der Waals surface area contributed by atoms with Gasteiger partial charge in [0, 0.05) is 6.42 Å². The highest BCUT2D eigenvalue weighted by molar-refractivity contribution is 7.45. The van der Waals surface area contributed by atoms with E-state index in [-0.39, 0.29) is 19.1 Å². The monoisotopic (exact) mass is 981 g/mol. The first-order valence-corrected chi connectivity index (χ1v) is 31.2. The number of likely N-dealkylation sites (N-methyl/N-ethyl adjacent to an activating group) is 1. The molecular weight excluding hydrogens is 864 g/mol. The molecule has 0 aliphatic heterocycles. The van der Waals surface area contributed by atoms with E-state index in [1.165, 1.54) is 238 Å². The van der Waals surface area contributed by atoms with E-state index in [1.807, 2.05) is 27.2 Å². The second kappa shape index (κ2) is 50.9. The van der Waals surface area contributed by atoms with Crippen LogP contribution in [0.4, 0.5) is 0 Å². The molecule has 9 heteroatoms. The number of aliphatic hydroxyl groups excluding tert-OH is 1. The SMILES string of the molecule is CCCCCCCCCCCCCCCCC/C=C/CC/C=C/C(O)C(COP(=O)([O-])OCC[N+](C)(C)C)NC(=O)CCCCCCCCCCCCCCCCCCCCCCCCCCC. The van der Waals surface area contributed by atoms with Crippen molar-refractivity contribution in [2.75, 3.05) is 40.9 Å². The highest BCUT2D eigenvalue weighted by Gasteiger charge is 2.23. The van der Waals surface area contributed by atoms with Gasteiger partial charge in [-0.1, -0.05) is 282 Å². The number of amides is 1. The van der Waals surface area contributed by atoms with Gasteiger partial charge in [0.25, 0.3) is 7.82 Å². The first kappa shape index (κ1) is 67.0. The van der Waals surface area contributed by atoms with E-state index in [0.717, 1.165) is 38.5 Å². The molecule has 3 atom stereocenters. The lowest BCUT2D eigenvalue weighted by Gasteiger charge is -2.29. The Labute approximate surface area is 424 Å². The van der Waals surface area contributed by atoms with Crippen molar-refractivity contribution in [2.45, 2.75) is 309 Å². The predicted octanol–water partition coefficient (Wildman–Crippen LogP) is 17.4. The van der Waals surface area contributed by atoms with Crippen LogP contribution in [-0.2, 0) is 18.4 Å². The normalized spacial score (nSPS) is 14.0. The summed E-state index contributed by atoms with van der Waals surface area (Å²) in [6.45, 7) is 4.68. The number of quaternary nitrogens is 1. The minimum atomic E-state index is -4.60. The molecule has 68 heavy (non-hydrogen) atoms. The van der Waals surface area contributed by atoms with Crippen molar-refractivity contribution >= 4 is 13.7 Å². The van der Waals surface area contributed by atoms with Gasteiger partial charge in [0.15, 0.2) is 0 Å². The van der Waals surface area contributed by atoms with Crippen molar-refractivity contribution in [1.29, 1.82) is 0 Å². The van der Waals surface area contributed by atoms with Gasteiger partial charge in [-0.15, -0.1) is 0 Å². The van der Waals surface area contributed by atoms with Crippen molar-refractivity contribution in [1.82, 2.24) is 5.32 Å². The van der Waals surface area contributed by atoms with Gasteiger partial charge in [-0.3, -0.25) is 9.36 Å². The van der Waals surface area contributed by atoms with E-state index in [9.17, 15) is 19.4 Å². The first-order valence-electron chi connectivity index (χ1n) is 29.7. The van der Waals surface area contributed by atoms with Crippen LogP contribution in [0.15, 0.2) is 24.3 Å². The van der Waals surface area contributed by atoms with Crippen LogP contribution in [0.1, 0.15) is 296 Å². The second-order valence-electron chi connectivity index (χ2n) is 21.7. The third-order valence-electron chi connectivity index (χ3n) is 13.7. The van der Waals surface area contributed by atoms with Crippen molar-refractivity contribution in [2.24, 2.45) is 0 Å². The average molecular weight is 982 g/mol. The van der Waals surface area contributed by atoms with Crippen LogP contribution in [0, 0.1) is 0 Å². The Kier molecular flexibility index (Phi) is 50.1. The van der Waals surface area contributed by atoms with E-state index in [4.69, 9.17) is 9.05 Å². The number of aliphatic hydroxyl groups is 1. The molecular formula is C59H117N2O6P. The minimum Gasteiger partial charge on any atom is -0.756 e. The van der Waals surface area contributed by atoms with Crippen LogP contribution in [0.3, 0.4) is 0 Å². The number of hydrogen-bond acceptors (Lipinski definition) is 6. The Balaban J connectivity index is 4.19. The molecule has 404 valence electrons. The number of phosphoric ester groups is 1. The quantitative estimate of drug-likeness (QED) is 0.0272. The van der Waals surface area contributed by atoms with E-state index >= 15 is 0 Å². The molecule has 8 nitrogen and oxygen atoms in total. The number of rotatable bonds is 55. The number of phosphoric acid groups is 1. The Bertz CT molecular complexity index is 1160. The molecule has 0 spiro atoms. The van der Waals surface area contributed by atoms with Gasteiger partial charge in [0.2, 0.25) is 5.91 Å². The summed E-state index contributed by atoms with van der Waals surface area (Å²) in [6.07, 6.45) is 64.1. The molecule has 0 bridgehead atoms. The zero-order valence-electron chi connectivity index (χ0n) is 46.1. The fourth-order valence-electron chi connectivity index (χ4n) is 9.00. The number of nitrogens with one attached hydrogen (secondary N) is 1. The highest BCUT2D eigenvalue weighted by atomic mass is 31.2. The maximum absolute atomic E-state index is 13.0. The van der Waals surface area contributed by atoms with Crippen LogP contribution in [0.5, 0.6) is 0 Å². The summed E-state index contributed by atoms with van der Waals surface area (Å²) in [5.74, 6) is -0.200. The Morgan fingerprint density at radius 1 is 0.500 bits per heavy atom. The number of carbonyl (C=O) groups excluding carboxylic acids is 1. The first-order chi connectivity index (χ1) is 33.0. The van der Waals surface area contributed by atoms with Gasteiger partial charge >= 0.3 is 0 Å². The number of allylic oxidation sites excluding steroid dienone is 3. The fraction of sp³-hybridized carbons (Fsp3) is 0.915. The molecule has 0 saturated carbocycles. The highest BCUT2D eigenvalue weighted by Crippen LogP contribution is 2.38. The summed E-state index contributed by atoms with van der Waals surface area (Å²) in [5, 5.41) is 13.9. The molecule has 1 amide bonds. The largest absolute Gasteiger partial charge is 0.756 e. The summed E-state index contributed by atoms with van der Waals surface area (Å²) in [5.41, 5.74) is 0. The Morgan fingerprint density at radius 2 is 0.824 bits per heavy atom. The van der Waals surface area contributed by atoms with Crippen LogP contribution in [0.2, 0.25) is 0 Å². The maximum Gasteiger partial charge on any atom is 0.268 e. The molecule has 0 aromatic rings.